The fourth-order valence-electron chi connectivity index (χ4n) is 9.25. The molecule has 0 radical (unpaired) electrons. The monoisotopic (exact) mass is 907 g/mol. The van der Waals surface area contributed by atoms with Gasteiger partial charge >= 0.3 is 0 Å². The zero-order chi connectivity index (χ0) is 48.0. The first-order valence-corrected chi connectivity index (χ1v) is 24.5. The van der Waals surface area contributed by atoms with E-state index in [0.29, 0.717) is 13.1 Å². The Hall–Kier alpha value is -4.62. The van der Waals surface area contributed by atoms with E-state index in [0.717, 1.165) is 77.8 Å². The summed E-state index contributed by atoms with van der Waals surface area (Å²) in [6.45, 7) is 21.8. The van der Waals surface area contributed by atoms with Crippen molar-refractivity contribution < 1.29 is 19.2 Å². The van der Waals surface area contributed by atoms with Gasteiger partial charge in [-0.25, -0.2) is 0 Å². The smallest absolute Gasteiger partial charge is 0.245 e. The molecule has 2 aliphatic heterocycles. The number of amides is 4. The second-order valence-corrected chi connectivity index (χ2v) is 21.0. The molecule has 0 spiro atoms. The van der Waals surface area contributed by atoms with Crippen molar-refractivity contribution in [2.75, 3.05) is 53.4 Å². The van der Waals surface area contributed by atoms with Crippen molar-refractivity contribution in [3.05, 3.63) is 107 Å². The van der Waals surface area contributed by atoms with E-state index in [9.17, 15) is 19.2 Å². The van der Waals surface area contributed by atoms with Gasteiger partial charge in [0.25, 0.3) is 0 Å². The zero-order valence-corrected chi connectivity index (χ0v) is 41.9. The molecule has 0 bridgehead atoms. The summed E-state index contributed by atoms with van der Waals surface area (Å²) in [4.78, 5) is 63.9. The Morgan fingerprint density at radius 3 is 1.23 bits per heavy atom. The van der Waals surface area contributed by atoms with E-state index < -0.39 is 35.0 Å². The van der Waals surface area contributed by atoms with Gasteiger partial charge in [-0.15, -0.1) is 0 Å². The molecule has 0 saturated carbocycles. The van der Waals surface area contributed by atoms with Crippen LogP contribution >= 0.6 is 0 Å². The molecular weight excluding hydrogens is 825 g/mol. The highest BCUT2D eigenvalue weighted by molar-refractivity contribution is 5.91. The number of likely N-dealkylation sites (N-methyl/N-ethyl adjacent to an activating group) is 2. The maximum atomic E-state index is 14.4. The number of benzene rings is 3. The summed E-state index contributed by atoms with van der Waals surface area (Å²) in [6.07, 6.45) is 5.52. The highest BCUT2D eigenvalue weighted by Gasteiger charge is 2.42. The zero-order valence-electron chi connectivity index (χ0n) is 41.9. The van der Waals surface area contributed by atoms with Crippen molar-refractivity contribution in [1.82, 2.24) is 40.9 Å². The maximum Gasteiger partial charge on any atom is 0.245 e. The first kappa shape index (κ1) is 52.4. The molecule has 3 aromatic rings. The minimum atomic E-state index is -0.628. The average molecular weight is 907 g/mol. The van der Waals surface area contributed by atoms with Crippen molar-refractivity contribution in [2.24, 2.45) is 10.8 Å². The predicted octanol–water partition coefficient (Wildman–Crippen LogP) is 6.04. The van der Waals surface area contributed by atoms with Crippen LogP contribution in [0.2, 0.25) is 0 Å². The summed E-state index contributed by atoms with van der Waals surface area (Å²) in [7, 11) is 3.51. The third-order valence-corrected chi connectivity index (χ3v) is 13.7. The van der Waals surface area contributed by atoms with Crippen molar-refractivity contribution in [2.45, 2.75) is 143 Å². The molecule has 1 unspecified atom stereocenters. The minimum absolute atomic E-state index is 0.00382. The Morgan fingerprint density at radius 1 is 0.561 bits per heavy atom. The van der Waals surface area contributed by atoms with Crippen LogP contribution in [0.15, 0.2) is 84.9 Å². The number of hydrogen-bond acceptors (Lipinski definition) is 8. The van der Waals surface area contributed by atoms with Gasteiger partial charge in [-0.1, -0.05) is 126 Å². The van der Waals surface area contributed by atoms with Gasteiger partial charge in [-0.3, -0.25) is 29.0 Å². The van der Waals surface area contributed by atoms with Gasteiger partial charge in [-0.05, 0) is 99.6 Å². The van der Waals surface area contributed by atoms with Gasteiger partial charge in [-0.2, -0.15) is 0 Å². The molecule has 6 atom stereocenters. The third kappa shape index (κ3) is 15.2. The number of carbonyl (C=O) groups excluding carboxylic acids is 4. The lowest BCUT2D eigenvalue weighted by Gasteiger charge is -2.38. The molecule has 66 heavy (non-hydrogen) atoms. The summed E-state index contributed by atoms with van der Waals surface area (Å²) in [5, 5.41) is 12.2. The van der Waals surface area contributed by atoms with Crippen LogP contribution in [0.1, 0.15) is 103 Å². The highest BCUT2D eigenvalue weighted by Crippen LogP contribution is 2.29. The van der Waals surface area contributed by atoms with Crippen LogP contribution in [-0.2, 0) is 45.1 Å². The Bertz CT molecular complexity index is 1840. The van der Waals surface area contributed by atoms with Crippen LogP contribution < -0.4 is 21.3 Å². The normalized spacial score (nSPS) is 18.6. The van der Waals surface area contributed by atoms with Crippen LogP contribution in [0.4, 0.5) is 0 Å². The van der Waals surface area contributed by atoms with Gasteiger partial charge < -0.3 is 31.1 Å². The van der Waals surface area contributed by atoms with E-state index >= 15 is 0 Å². The molecule has 4 N–H and O–H groups in total. The quantitative estimate of drug-likeness (QED) is 0.0963. The number of hydrogen-bond donors (Lipinski definition) is 4. The van der Waals surface area contributed by atoms with Crippen molar-refractivity contribution in [3.63, 3.8) is 0 Å². The molecule has 2 heterocycles. The predicted molar refractivity (Wildman–Crippen MR) is 267 cm³/mol. The molecule has 3 aromatic carbocycles. The van der Waals surface area contributed by atoms with Crippen LogP contribution in [-0.4, -0.2) is 133 Å². The number of likely N-dealkylation sites (tertiary alicyclic amines) is 2. The van der Waals surface area contributed by atoms with E-state index in [1.165, 1.54) is 22.3 Å². The van der Waals surface area contributed by atoms with Crippen molar-refractivity contribution >= 4 is 23.6 Å². The topological polar surface area (TPSA) is 129 Å². The van der Waals surface area contributed by atoms with E-state index in [1.54, 1.807) is 14.1 Å². The largest absolute Gasteiger partial charge is 0.342 e. The first-order chi connectivity index (χ1) is 31.4. The van der Waals surface area contributed by atoms with Crippen molar-refractivity contribution in [3.8, 4) is 0 Å². The fraction of sp³-hybridized carbons (Fsp3) is 0.593. The average Bonchev–Trinajstić information content (AvgIpc) is 3.97. The van der Waals surface area contributed by atoms with E-state index in [-0.39, 0.29) is 35.7 Å². The molecule has 2 saturated heterocycles. The minimum Gasteiger partial charge on any atom is -0.342 e. The Morgan fingerprint density at radius 2 is 0.909 bits per heavy atom. The number of rotatable bonds is 22. The second-order valence-electron chi connectivity index (χ2n) is 21.0. The summed E-state index contributed by atoms with van der Waals surface area (Å²) < 4.78 is 0. The summed E-state index contributed by atoms with van der Waals surface area (Å²) in [5.74, 6) is -0.349. The van der Waals surface area contributed by atoms with Gasteiger partial charge in [0, 0.05) is 64.4 Å². The molecule has 4 amide bonds. The molecule has 0 aliphatic carbocycles. The van der Waals surface area contributed by atoms with Gasteiger partial charge in [0.1, 0.15) is 12.1 Å². The van der Waals surface area contributed by atoms with Crippen molar-refractivity contribution in [1.29, 1.82) is 0 Å². The molecular formula is C54H82N8O4. The van der Waals surface area contributed by atoms with Gasteiger partial charge in [0.15, 0.2) is 0 Å². The lowest BCUT2D eigenvalue weighted by atomic mass is 9.85. The molecule has 12 nitrogen and oxygen atoms in total. The maximum absolute atomic E-state index is 14.4. The molecule has 0 aromatic heterocycles. The molecule has 362 valence electrons. The van der Waals surface area contributed by atoms with Crippen LogP contribution in [0.3, 0.4) is 0 Å². The summed E-state index contributed by atoms with van der Waals surface area (Å²) in [6, 6.07) is 28.2. The van der Waals surface area contributed by atoms with E-state index in [2.05, 4.69) is 116 Å². The molecule has 2 aliphatic rings. The lowest BCUT2D eigenvalue weighted by Crippen LogP contribution is -2.59. The van der Waals surface area contributed by atoms with Crippen LogP contribution in [0.5, 0.6) is 0 Å². The second kappa shape index (κ2) is 24.4. The summed E-state index contributed by atoms with van der Waals surface area (Å²) >= 11 is 0. The van der Waals surface area contributed by atoms with E-state index in [1.807, 2.05) is 65.2 Å². The molecule has 5 rings (SSSR count). The SMILES string of the molecule is CN[C@@H](C)C(=O)NC(C(=O)N1CCC[C@H]1CN(CCc1ccccc1)Cc1ccc(CN(CCc2ccccc2)C[C@@H]2CCCN2C(=O)[C@@H](NC(=O)[C@H](C)NC)C(C)(C)C)cc1)C(C)(C)C. The standard InChI is InChI=1S/C54H82N8O4/c1-39(55-9)49(63)57-47(53(3,4)5)51(65)61-31-17-23-45(61)37-59(33-29-41-19-13-11-14-20-41)35-43-25-27-44(28-26-43)36-60(34-30-42-21-15-12-16-22-42)38-46-24-18-32-62(46)52(66)48(54(6,7)8)58-50(64)40(2)56-10/h11-16,19-22,25-28,39-40,45-48,55-56H,17-18,23-24,29-38H2,1-10H3,(H,57,63)(H,58,64)/t39-,40-,45-,46-,47+,48?/m0/s1. The Balaban J connectivity index is 1.32. The Labute approximate surface area is 397 Å². The number of carbonyl (C=O) groups is 4. The highest BCUT2D eigenvalue weighted by atomic mass is 16.2. The van der Waals surface area contributed by atoms with Crippen LogP contribution in [0.25, 0.3) is 0 Å². The van der Waals surface area contributed by atoms with Crippen LogP contribution in [0, 0.1) is 10.8 Å². The molecule has 2 fully saturated rings. The fourth-order valence-corrected chi connectivity index (χ4v) is 9.25. The number of nitrogens with one attached hydrogen (secondary N) is 4. The van der Waals surface area contributed by atoms with E-state index in [4.69, 9.17) is 0 Å². The Kier molecular flexibility index (Phi) is 19.4. The lowest BCUT2D eigenvalue weighted by molar-refractivity contribution is -0.141. The number of nitrogens with zero attached hydrogens (tertiary/aromatic N) is 4. The van der Waals surface area contributed by atoms with Gasteiger partial charge in [0.2, 0.25) is 23.6 Å². The molecule has 12 heteroatoms. The third-order valence-electron chi connectivity index (χ3n) is 13.7. The summed E-state index contributed by atoms with van der Waals surface area (Å²) in [5.41, 5.74) is 4.10. The first-order valence-electron chi connectivity index (χ1n) is 24.5. The van der Waals surface area contributed by atoms with Gasteiger partial charge in [0.05, 0.1) is 12.1 Å².